The van der Waals surface area contributed by atoms with E-state index >= 15 is 0 Å². The molecule has 1 amide bonds. The van der Waals surface area contributed by atoms with E-state index in [0.29, 0.717) is 32.9 Å². The molecule has 0 aliphatic rings. The van der Waals surface area contributed by atoms with Crippen LogP contribution < -0.4 is 5.73 Å². The first-order valence-corrected chi connectivity index (χ1v) is 12.6. The first-order chi connectivity index (χ1) is 18.0. The van der Waals surface area contributed by atoms with Gasteiger partial charge in [0.05, 0.1) is 25.8 Å². The normalized spacial score (nSPS) is 12.5. The van der Waals surface area contributed by atoms with Crippen molar-refractivity contribution in [3.8, 4) is 0 Å². The molecule has 1 heterocycles. The van der Waals surface area contributed by atoms with E-state index in [0.717, 1.165) is 12.1 Å². The van der Waals surface area contributed by atoms with Crippen LogP contribution in [-0.2, 0) is 18.6 Å². The Hall–Kier alpha value is -2.57. The van der Waals surface area contributed by atoms with Crippen molar-refractivity contribution in [3.63, 3.8) is 0 Å². The van der Waals surface area contributed by atoms with E-state index in [-0.39, 0.29) is 41.5 Å². The summed E-state index contributed by atoms with van der Waals surface area (Å²) in [5, 5.41) is 0.609. The Morgan fingerprint density at radius 3 is 2.03 bits per heavy atom. The second-order valence-corrected chi connectivity index (χ2v) is 10.2. The van der Waals surface area contributed by atoms with Crippen LogP contribution >= 0.6 is 39.1 Å². The second kappa shape index (κ2) is 11.5. The number of nitrogen functional groups attached to an aromatic ring is 1. The summed E-state index contributed by atoms with van der Waals surface area (Å²) in [6.45, 7) is 1.40. The Kier molecular flexibility index (Phi) is 9.13. The van der Waals surface area contributed by atoms with Gasteiger partial charge in [0.1, 0.15) is 5.82 Å². The number of hydrogen-bond donors (Lipinski definition) is 1. The molecule has 0 radical (unpaired) electrons. The predicted octanol–water partition coefficient (Wildman–Crippen LogP) is 8.22. The summed E-state index contributed by atoms with van der Waals surface area (Å²) >= 11 is 15.2. The van der Waals surface area contributed by atoms with Crippen molar-refractivity contribution in [2.24, 2.45) is 0 Å². The third kappa shape index (κ3) is 6.60. The van der Waals surface area contributed by atoms with Crippen LogP contribution in [0.2, 0.25) is 10.0 Å². The largest absolute Gasteiger partial charge is 0.435 e. The fourth-order valence-corrected chi connectivity index (χ4v) is 4.38. The molecule has 14 heteroatoms. The summed E-state index contributed by atoms with van der Waals surface area (Å²) < 4.78 is 93.5. The van der Waals surface area contributed by atoms with E-state index in [1.54, 1.807) is 25.1 Å². The highest BCUT2D eigenvalue weighted by Crippen LogP contribution is 2.53. The van der Waals surface area contributed by atoms with E-state index in [1.165, 1.54) is 11.0 Å². The molecule has 0 saturated heterocycles. The SMILES string of the molecule is Cc1nc(N)c(Br)cc1C(=O)N(CCc1ccc(Cl)c(Cl)c1)Cc1ccc(C(F)(C(F)(F)F)C(F)(F)F)cc1. The fraction of sp³-hybridized carbons (Fsp3) is 0.280. The zero-order valence-corrected chi connectivity index (χ0v) is 23.0. The average molecular weight is 661 g/mol. The average Bonchev–Trinajstić information content (AvgIpc) is 2.84. The minimum atomic E-state index is -6.23. The lowest BCUT2D eigenvalue weighted by molar-refractivity contribution is -0.348. The molecule has 0 atom stereocenters. The Bertz CT molecular complexity index is 1350. The van der Waals surface area contributed by atoms with Gasteiger partial charge in [0, 0.05) is 18.7 Å². The standard InChI is InChI=1S/C25H19BrCl2F7N3O/c1-13-17(11-18(26)21(36)37-13)22(39)38(9-8-14-4-7-19(27)20(28)10-14)12-15-2-5-16(6-3-15)23(29,24(30,31)32)25(33,34)35/h2-7,10-11H,8-9,12H2,1H3,(H2,36,37). The maximum atomic E-state index is 14.4. The van der Waals surface area contributed by atoms with Crippen molar-refractivity contribution in [1.29, 1.82) is 0 Å². The minimum Gasteiger partial charge on any atom is -0.383 e. The van der Waals surface area contributed by atoms with Gasteiger partial charge in [-0.1, -0.05) is 53.5 Å². The number of aromatic nitrogens is 1. The molecule has 0 fully saturated rings. The molecule has 1 aromatic heterocycles. The number of benzene rings is 2. The third-order valence-electron chi connectivity index (χ3n) is 5.87. The predicted molar refractivity (Wildman–Crippen MR) is 137 cm³/mol. The summed E-state index contributed by atoms with van der Waals surface area (Å²) in [7, 11) is 0. The summed E-state index contributed by atoms with van der Waals surface area (Å²) in [4.78, 5) is 18.9. The highest BCUT2D eigenvalue weighted by molar-refractivity contribution is 9.10. The minimum absolute atomic E-state index is 0.0676. The lowest BCUT2D eigenvalue weighted by atomic mass is 9.93. The zero-order valence-electron chi connectivity index (χ0n) is 19.9. The Morgan fingerprint density at radius 2 is 1.49 bits per heavy atom. The molecule has 39 heavy (non-hydrogen) atoms. The fourth-order valence-electron chi connectivity index (χ4n) is 3.75. The number of amides is 1. The van der Waals surface area contributed by atoms with Crippen LogP contribution in [0.1, 0.15) is 32.7 Å². The molecule has 0 bridgehead atoms. The number of carbonyl (C=O) groups is 1. The van der Waals surface area contributed by atoms with Crippen LogP contribution in [0.5, 0.6) is 0 Å². The van der Waals surface area contributed by atoms with Gasteiger partial charge >= 0.3 is 18.0 Å². The molecule has 2 N–H and O–H groups in total. The number of pyridine rings is 1. The van der Waals surface area contributed by atoms with Crippen molar-refractivity contribution in [2.45, 2.75) is 37.9 Å². The topological polar surface area (TPSA) is 59.2 Å². The van der Waals surface area contributed by atoms with Gasteiger partial charge in [-0.2, -0.15) is 26.3 Å². The van der Waals surface area contributed by atoms with Gasteiger partial charge in [0.25, 0.3) is 5.91 Å². The molecule has 3 rings (SSSR count). The summed E-state index contributed by atoms with van der Waals surface area (Å²) in [6.07, 6.45) is -12.2. The maximum absolute atomic E-state index is 14.4. The molecular formula is C25H19BrCl2F7N3O. The van der Waals surface area contributed by atoms with Gasteiger partial charge in [-0.05, 0) is 58.6 Å². The van der Waals surface area contributed by atoms with Gasteiger partial charge in [-0.3, -0.25) is 4.79 Å². The van der Waals surface area contributed by atoms with Crippen LogP contribution in [0, 0.1) is 6.92 Å². The van der Waals surface area contributed by atoms with Gasteiger partial charge in [0.2, 0.25) is 0 Å². The number of halogens is 10. The van der Waals surface area contributed by atoms with E-state index in [4.69, 9.17) is 28.9 Å². The number of rotatable bonds is 7. The molecule has 0 unspecified atom stereocenters. The summed E-state index contributed by atoms with van der Waals surface area (Å²) in [5.74, 6) is -0.388. The number of alkyl halides is 7. The van der Waals surface area contributed by atoms with Gasteiger partial charge < -0.3 is 10.6 Å². The molecule has 2 aromatic carbocycles. The highest BCUT2D eigenvalue weighted by Gasteiger charge is 2.73. The van der Waals surface area contributed by atoms with Gasteiger partial charge in [-0.15, -0.1) is 0 Å². The molecular weight excluding hydrogens is 642 g/mol. The smallest absolute Gasteiger partial charge is 0.383 e. The van der Waals surface area contributed by atoms with E-state index in [9.17, 15) is 35.5 Å². The lowest BCUT2D eigenvalue weighted by Crippen LogP contribution is -2.50. The Balaban J connectivity index is 1.95. The number of nitrogens with two attached hydrogens (primary N) is 1. The second-order valence-electron chi connectivity index (χ2n) is 8.56. The first-order valence-electron chi connectivity index (χ1n) is 11.0. The van der Waals surface area contributed by atoms with Gasteiger partial charge in [0.15, 0.2) is 0 Å². The third-order valence-corrected chi connectivity index (χ3v) is 7.25. The quantitative estimate of drug-likeness (QED) is 0.260. The maximum Gasteiger partial charge on any atom is 0.435 e. The van der Waals surface area contributed by atoms with Crippen LogP contribution in [-0.4, -0.2) is 34.7 Å². The molecule has 210 valence electrons. The van der Waals surface area contributed by atoms with Gasteiger partial charge in [-0.25, -0.2) is 9.37 Å². The highest BCUT2D eigenvalue weighted by atomic mass is 79.9. The number of nitrogens with zero attached hydrogens (tertiary/aromatic N) is 2. The van der Waals surface area contributed by atoms with Crippen LogP contribution in [0.15, 0.2) is 53.0 Å². The first kappa shape index (κ1) is 31.0. The molecule has 3 aromatic rings. The van der Waals surface area contributed by atoms with Crippen molar-refractivity contribution < 1.29 is 35.5 Å². The van der Waals surface area contributed by atoms with Crippen LogP contribution in [0.25, 0.3) is 0 Å². The number of anilines is 1. The van der Waals surface area contributed by atoms with Crippen molar-refractivity contribution in [3.05, 3.63) is 91.0 Å². The van der Waals surface area contributed by atoms with Crippen molar-refractivity contribution >= 4 is 50.9 Å². The molecule has 0 aliphatic carbocycles. The van der Waals surface area contributed by atoms with Crippen LogP contribution in [0.4, 0.5) is 36.6 Å². The van der Waals surface area contributed by atoms with E-state index in [1.807, 2.05) is 0 Å². The number of aryl methyl sites for hydroxylation is 1. The van der Waals surface area contributed by atoms with E-state index < -0.39 is 29.5 Å². The molecule has 0 spiro atoms. The number of carbonyl (C=O) groups excluding carboxylic acids is 1. The monoisotopic (exact) mass is 659 g/mol. The van der Waals surface area contributed by atoms with Crippen LogP contribution in [0.3, 0.4) is 0 Å². The van der Waals surface area contributed by atoms with Crippen molar-refractivity contribution in [1.82, 2.24) is 9.88 Å². The Labute approximate surface area is 237 Å². The molecule has 4 nitrogen and oxygen atoms in total. The summed E-state index contributed by atoms with van der Waals surface area (Å²) in [6, 6.07) is 8.94. The number of hydrogen-bond acceptors (Lipinski definition) is 3. The lowest BCUT2D eigenvalue weighted by Gasteiger charge is -2.30. The summed E-state index contributed by atoms with van der Waals surface area (Å²) in [5.41, 5.74) is -0.0771. The van der Waals surface area contributed by atoms with E-state index in [2.05, 4.69) is 20.9 Å². The van der Waals surface area contributed by atoms with Crippen molar-refractivity contribution in [2.75, 3.05) is 12.3 Å². The Morgan fingerprint density at radius 1 is 0.923 bits per heavy atom. The molecule has 0 aliphatic heterocycles. The molecule has 0 saturated carbocycles. The zero-order chi connectivity index (χ0) is 29.3.